The third-order valence-electron chi connectivity index (χ3n) is 4.87. The molecule has 122 valence electrons. The Kier molecular flexibility index (Phi) is 3.49. The molecule has 0 unspecified atom stereocenters. The molecule has 0 saturated carbocycles. The monoisotopic (exact) mass is 321 g/mol. The van der Waals surface area contributed by atoms with Gasteiger partial charge in [0, 0.05) is 24.0 Å². The molecule has 1 aliphatic rings. The summed E-state index contributed by atoms with van der Waals surface area (Å²) in [5.41, 5.74) is 6.91. The molecule has 2 amide bonds. The molecule has 1 aliphatic heterocycles. The highest BCUT2D eigenvalue weighted by molar-refractivity contribution is 6.09. The number of amides is 2. The van der Waals surface area contributed by atoms with Crippen LogP contribution in [0.2, 0.25) is 0 Å². The summed E-state index contributed by atoms with van der Waals surface area (Å²) in [6, 6.07) is 14.1. The van der Waals surface area contributed by atoms with E-state index in [9.17, 15) is 9.59 Å². The molecule has 2 heterocycles. The Balaban J connectivity index is 1.70. The Morgan fingerprint density at radius 1 is 1.12 bits per heavy atom. The summed E-state index contributed by atoms with van der Waals surface area (Å²) < 4.78 is 0. The highest BCUT2D eigenvalue weighted by Crippen LogP contribution is 2.27. The topological polar surface area (TPSA) is 79.2 Å². The highest BCUT2D eigenvalue weighted by Gasteiger charge is 2.28. The molecule has 1 fully saturated rings. The van der Waals surface area contributed by atoms with Crippen LogP contribution in [-0.2, 0) is 4.79 Å². The number of likely N-dealkylation sites (tertiary alicyclic amines) is 1. The molecule has 1 aromatic heterocycles. The second kappa shape index (κ2) is 5.67. The van der Waals surface area contributed by atoms with Crippen molar-refractivity contribution in [1.82, 2.24) is 9.88 Å². The zero-order chi connectivity index (χ0) is 16.7. The average Bonchev–Trinajstić information content (AvgIpc) is 3.06. The van der Waals surface area contributed by atoms with Gasteiger partial charge in [0.05, 0.1) is 5.92 Å². The van der Waals surface area contributed by atoms with E-state index in [1.54, 1.807) is 4.90 Å². The van der Waals surface area contributed by atoms with Crippen molar-refractivity contribution >= 4 is 33.5 Å². The maximum atomic E-state index is 12.8. The summed E-state index contributed by atoms with van der Waals surface area (Å²) in [6.45, 7) is 1.07. The standard InChI is InChI=1S/C19H19N3O2/c20-18(23)13-5-3-9-22(11-13)19(24)17-10-15-14-6-2-1-4-12(14)7-8-16(15)21-17/h1-2,4,6-8,10,13,21H,3,5,9,11H2,(H2,20,23)/t13-/m0/s1. The van der Waals surface area contributed by atoms with Crippen molar-refractivity contribution in [3.63, 3.8) is 0 Å². The van der Waals surface area contributed by atoms with Crippen LogP contribution in [-0.4, -0.2) is 34.8 Å². The van der Waals surface area contributed by atoms with Crippen molar-refractivity contribution in [2.24, 2.45) is 11.7 Å². The molecule has 5 nitrogen and oxygen atoms in total. The summed E-state index contributed by atoms with van der Waals surface area (Å²) in [5, 5.41) is 3.31. The highest BCUT2D eigenvalue weighted by atomic mass is 16.2. The lowest BCUT2D eigenvalue weighted by atomic mass is 9.97. The van der Waals surface area contributed by atoms with Crippen LogP contribution >= 0.6 is 0 Å². The van der Waals surface area contributed by atoms with E-state index in [1.165, 1.54) is 0 Å². The van der Waals surface area contributed by atoms with Gasteiger partial charge in [-0.15, -0.1) is 0 Å². The van der Waals surface area contributed by atoms with Crippen molar-refractivity contribution in [1.29, 1.82) is 0 Å². The fourth-order valence-electron chi connectivity index (χ4n) is 3.56. The van der Waals surface area contributed by atoms with E-state index in [4.69, 9.17) is 5.73 Å². The van der Waals surface area contributed by atoms with E-state index < -0.39 is 0 Å². The maximum absolute atomic E-state index is 12.8. The van der Waals surface area contributed by atoms with Gasteiger partial charge in [-0.2, -0.15) is 0 Å². The van der Waals surface area contributed by atoms with Gasteiger partial charge >= 0.3 is 0 Å². The number of carbonyl (C=O) groups excluding carboxylic acids is 2. The summed E-state index contributed by atoms with van der Waals surface area (Å²) in [4.78, 5) is 29.2. The van der Waals surface area contributed by atoms with E-state index in [2.05, 4.69) is 17.1 Å². The first-order valence-corrected chi connectivity index (χ1v) is 8.22. The van der Waals surface area contributed by atoms with Crippen molar-refractivity contribution in [2.45, 2.75) is 12.8 Å². The molecular formula is C19H19N3O2. The Hall–Kier alpha value is -2.82. The maximum Gasteiger partial charge on any atom is 0.270 e. The quantitative estimate of drug-likeness (QED) is 0.761. The second-order valence-corrected chi connectivity index (χ2v) is 6.42. The number of carbonyl (C=O) groups is 2. The van der Waals surface area contributed by atoms with Gasteiger partial charge in [-0.25, -0.2) is 0 Å². The first-order chi connectivity index (χ1) is 11.6. The third kappa shape index (κ3) is 2.42. The molecule has 5 heteroatoms. The van der Waals surface area contributed by atoms with Crippen LogP contribution in [0.3, 0.4) is 0 Å². The molecule has 1 atom stereocenters. The first kappa shape index (κ1) is 14.8. The molecule has 3 aromatic rings. The zero-order valence-corrected chi connectivity index (χ0v) is 13.3. The van der Waals surface area contributed by atoms with Crippen LogP contribution in [0.1, 0.15) is 23.3 Å². The van der Waals surface area contributed by atoms with Gasteiger partial charge < -0.3 is 15.6 Å². The predicted octanol–water partition coefficient (Wildman–Crippen LogP) is 2.66. The van der Waals surface area contributed by atoms with Crippen LogP contribution in [0.15, 0.2) is 42.5 Å². The molecule has 3 N–H and O–H groups in total. The van der Waals surface area contributed by atoms with Crippen molar-refractivity contribution in [3.05, 3.63) is 48.2 Å². The SMILES string of the molecule is NC(=O)[C@H]1CCCN(C(=O)c2cc3c(ccc4ccccc43)[nH]2)C1. The minimum Gasteiger partial charge on any atom is -0.369 e. The number of H-pyrrole nitrogens is 1. The Bertz CT molecular complexity index is 944. The fourth-order valence-corrected chi connectivity index (χ4v) is 3.56. The number of nitrogens with zero attached hydrogens (tertiary/aromatic N) is 1. The zero-order valence-electron chi connectivity index (χ0n) is 13.3. The third-order valence-corrected chi connectivity index (χ3v) is 4.87. The number of benzene rings is 2. The van der Waals surface area contributed by atoms with Crippen molar-refractivity contribution in [3.8, 4) is 0 Å². The van der Waals surface area contributed by atoms with Gasteiger partial charge in [-0.1, -0.05) is 30.3 Å². The van der Waals surface area contributed by atoms with E-state index >= 15 is 0 Å². The Morgan fingerprint density at radius 2 is 1.96 bits per heavy atom. The van der Waals surface area contributed by atoms with Crippen LogP contribution in [0.25, 0.3) is 21.7 Å². The number of rotatable bonds is 2. The number of aromatic amines is 1. The predicted molar refractivity (Wildman–Crippen MR) is 93.6 cm³/mol. The smallest absolute Gasteiger partial charge is 0.270 e. The van der Waals surface area contributed by atoms with Gasteiger partial charge in [0.2, 0.25) is 5.91 Å². The molecule has 0 spiro atoms. The van der Waals surface area contributed by atoms with Crippen LogP contribution in [0.5, 0.6) is 0 Å². The lowest BCUT2D eigenvalue weighted by molar-refractivity contribution is -0.123. The van der Waals surface area contributed by atoms with Crippen LogP contribution < -0.4 is 5.73 Å². The number of nitrogens with one attached hydrogen (secondary N) is 1. The summed E-state index contributed by atoms with van der Waals surface area (Å²) in [6.07, 6.45) is 1.57. The van der Waals surface area contributed by atoms with Crippen LogP contribution in [0.4, 0.5) is 0 Å². The van der Waals surface area contributed by atoms with Gasteiger partial charge in [-0.3, -0.25) is 9.59 Å². The Morgan fingerprint density at radius 3 is 2.79 bits per heavy atom. The van der Waals surface area contributed by atoms with Crippen molar-refractivity contribution in [2.75, 3.05) is 13.1 Å². The molecule has 0 radical (unpaired) electrons. The minimum absolute atomic E-state index is 0.0683. The Labute approximate surface area is 139 Å². The van der Waals surface area contributed by atoms with E-state index in [-0.39, 0.29) is 17.7 Å². The fraction of sp³-hybridized carbons (Fsp3) is 0.263. The lowest BCUT2D eigenvalue weighted by Gasteiger charge is -2.30. The number of nitrogens with two attached hydrogens (primary N) is 1. The number of fused-ring (bicyclic) bond motifs is 3. The van der Waals surface area contributed by atoms with Gasteiger partial charge in [0.15, 0.2) is 0 Å². The normalized spacial score (nSPS) is 18.2. The number of hydrogen-bond acceptors (Lipinski definition) is 2. The van der Waals surface area contributed by atoms with Crippen molar-refractivity contribution < 1.29 is 9.59 Å². The molecule has 2 aromatic carbocycles. The average molecular weight is 321 g/mol. The number of aromatic nitrogens is 1. The number of hydrogen-bond donors (Lipinski definition) is 2. The number of piperidine rings is 1. The molecular weight excluding hydrogens is 302 g/mol. The minimum atomic E-state index is -0.324. The first-order valence-electron chi connectivity index (χ1n) is 8.22. The number of primary amides is 1. The molecule has 0 bridgehead atoms. The van der Waals surface area contributed by atoms with E-state index in [1.807, 2.05) is 30.3 Å². The van der Waals surface area contributed by atoms with E-state index in [0.29, 0.717) is 18.8 Å². The second-order valence-electron chi connectivity index (χ2n) is 6.42. The lowest BCUT2D eigenvalue weighted by Crippen LogP contribution is -2.44. The van der Waals surface area contributed by atoms with E-state index in [0.717, 1.165) is 34.5 Å². The van der Waals surface area contributed by atoms with Crippen LogP contribution in [0, 0.1) is 5.92 Å². The van der Waals surface area contributed by atoms with Gasteiger partial charge in [0.25, 0.3) is 5.91 Å². The molecule has 4 rings (SSSR count). The molecule has 24 heavy (non-hydrogen) atoms. The largest absolute Gasteiger partial charge is 0.369 e. The van der Waals surface area contributed by atoms with Gasteiger partial charge in [0.1, 0.15) is 5.69 Å². The summed E-state index contributed by atoms with van der Waals surface area (Å²) in [5.74, 6) is -0.635. The summed E-state index contributed by atoms with van der Waals surface area (Å²) in [7, 11) is 0. The molecule has 0 aliphatic carbocycles. The molecule has 1 saturated heterocycles. The summed E-state index contributed by atoms with van der Waals surface area (Å²) >= 11 is 0. The van der Waals surface area contributed by atoms with Gasteiger partial charge in [-0.05, 0) is 35.7 Å².